The van der Waals surface area contributed by atoms with Crippen molar-refractivity contribution in [2.24, 2.45) is 17.3 Å². The normalized spacial score (nSPS) is 29.6. The van der Waals surface area contributed by atoms with E-state index in [1.165, 1.54) is 45.4 Å². The van der Waals surface area contributed by atoms with Gasteiger partial charge in [0, 0.05) is 19.1 Å². The molecule has 0 bridgehead atoms. The lowest BCUT2D eigenvalue weighted by Gasteiger charge is -2.31. The molecule has 0 radical (unpaired) electrons. The van der Waals surface area contributed by atoms with E-state index in [1.54, 1.807) is 0 Å². The van der Waals surface area contributed by atoms with Gasteiger partial charge in [0.25, 0.3) is 0 Å². The van der Waals surface area contributed by atoms with Gasteiger partial charge in [-0.2, -0.15) is 0 Å². The van der Waals surface area contributed by atoms with Gasteiger partial charge in [-0.1, -0.05) is 27.7 Å². The maximum Gasteiger partial charge on any atom is 0.0217 e. The molecule has 1 saturated heterocycles. The first-order valence-corrected chi connectivity index (χ1v) is 7.49. The Balaban J connectivity index is 1.91. The molecule has 2 heteroatoms. The van der Waals surface area contributed by atoms with Crippen LogP contribution in [-0.4, -0.2) is 37.1 Å². The van der Waals surface area contributed by atoms with Gasteiger partial charge in [0.15, 0.2) is 0 Å². The van der Waals surface area contributed by atoms with Crippen LogP contribution < -0.4 is 5.32 Å². The van der Waals surface area contributed by atoms with Crippen LogP contribution in [0.5, 0.6) is 0 Å². The van der Waals surface area contributed by atoms with Crippen molar-refractivity contribution in [3.8, 4) is 0 Å². The van der Waals surface area contributed by atoms with Gasteiger partial charge >= 0.3 is 0 Å². The summed E-state index contributed by atoms with van der Waals surface area (Å²) in [7, 11) is 0. The molecule has 1 N–H and O–H groups in total. The van der Waals surface area contributed by atoms with E-state index in [4.69, 9.17) is 0 Å². The van der Waals surface area contributed by atoms with Gasteiger partial charge in [-0.25, -0.2) is 0 Å². The highest BCUT2D eigenvalue weighted by molar-refractivity contribution is 4.98. The van der Waals surface area contributed by atoms with E-state index in [0.717, 1.165) is 11.8 Å². The molecule has 1 aliphatic heterocycles. The first-order valence-electron chi connectivity index (χ1n) is 7.49. The summed E-state index contributed by atoms with van der Waals surface area (Å²) >= 11 is 0. The zero-order chi connectivity index (χ0) is 12.5. The van der Waals surface area contributed by atoms with E-state index >= 15 is 0 Å². The SMILES string of the molecule is CC(C)C1CN(CC2(C(C)C)CC2)CCCN1. The lowest BCUT2D eigenvalue weighted by atomic mass is 9.91. The first kappa shape index (κ1) is 13.4. The van der Waals surface area contributed by atoms with Gasteiger partial charge in [-0.15, -0.1) is 0 Å². The minimum absolute atomic E-state index is 0.672. The molecule has 0 aromatic heterocycles. The fourth-order valence-corrected chi connectivity index (χ4v) is 3.14. The average molecular weight is 238 g/mol. The molecular weight excluding hydrogens is 208 g/mol. The molecule has 0 aromatic carbocycles. The van der Waals surface area contributed by atoms with E-state index in [1.807, 2.05) is 0 Å². The van der Waals surface area contributed by atoms with Crippen LogP contribution in [0.4, 0.5) is 0 Å². The summed E-state index contributed by atoms with van der Waals surface area (Å²) < 4.78 is 0. The second-order valence-corrected chi connectivity index (χ2v) is 6.91. The van der Waals surface area contributed by atoms with Crippen LogP contribution in [0.25, 0.3) is 0 Å². The lowest BCUT2D eigenvalue weighted by molar-refractivity contribution is 0.174. The molecule has 1 saturated carbocycles. The highest BCUT2D eigenvalue weighted by Gasteiger charge is 2.46. The smallest absolute Gasteiger partial charge is 0.0217 e. The van der Waals surface area contributed by atoms with Crippen LogP contribution in [0, 0.1) is 17.3 Å². The third-order valence-corrected chi connectivity index (χ3v) is 4.97. The number of rotatable bonds is 4. The van der Waals surface area contributed by atoms with Crippen LogP contribution in [-0.2, 0) is 0 Å². The number of nitrogens with zero attached hydrogens (tertiary/aromatic N) is 1. The third-order valence-electron chi connectivity index (χ3n) is 4.97. The Morgan fingerprint density at radius 2 is 1.94 bits per heavy atom. The van der Waals surface area contributed by atoms with Crippen molar-refractivity contribution in [2.75, 3.05) is 26.2 Å². The fourth-order valence-electron chi connectivity index (χ4n) is 3.14. The Kier molecular flexibility index (Phi) is 4.14. The van der Waals surface area contributed by atoms with E-state index in [9.17, 15) is 0 Å². The highest BCUT2D eigenvalue weighted by atomic mass is 15.2. The summed E-state index contributed by atoms with van der Waals surface area (Å²) in [6.07, 6.45) is 4.24. The molecule has 2 nitrogen and oxygen atoms in total. The molecule has 1 unspecified atom stereocenters. The average Bonchev–Trinajstić information content (AvgIpc) is 3.03. The third kappa shape index (κ3) is 3.23. The Morgan fingerprint density at radius 3 is 2.47 bits per heavy atom. The number of nitrogens with one attached hydrogen (secondary N) is 1. The quantitative estimate of drug-likeness (QED) is 0.810. The molecule has 2 fully saturated rings. The van der Waals surface area contributed by atoms with Crippen LogP contribution in [0.3, 0.4) is 0 Å². The van der Waals surface area contributed by atoms with Gasteiger partial charge < -0.3 is 10.2 Å². The zero-order valence-corrected chi connectivity index (χ0v) is 12.1. The van der Waals surface area contributed by atoms with Crippen LogP contribution in [0.2, 0.25) is 0 Å². The van der Waals surface area contributed by atoms with Gasteiger partial charge in [-0.3, -0.25) is 0 Å². The zero-order valence-electron chi connectivity index (χ0n) is 12.1. The lowest BCUT2D eigenvalue weighted by Crippen LogP contribution is -2.43. The predicted octanol–water partition coefficient (Wildman–Crippen LogP) is 2.74. The number of hydrogen-bond acceptors (Lipinski definition) is 2. The molecule has 2 rings (SSSR count). The van der Waals surface area contributed by atoms with Crippen molar-refractivity contribution in [3.63, 3.8) is 0 Å². The Morgan fingerprint density at radius 1 is 1.24 bits per heavy atom. The van der Waals surface area contributed by atoms with Crippen LogP contribution >= 0.6 is 0 Å². The molecule has 1 atom stereocenters. The topological polar surface area (TPSA) is 15.3 Å². The van der Waals surface area contributed by atoms with Crippen molar-refractivity contribution >= 4 is 0 Å². The molecular formula is C15H30N2. The summed E-state index contributed by atoms with van der Waals surface area (Å²) in [5.41, 5.74) is 0.672. The van der Waals surface area contributed by atoms with Gasteiger partial charge in [-0.05, 0) is 49.6 Å². The highest BCUT2D eigenvalue weighted by Crippen LogP contribution is 2.52. The second kappa shape index (κ2) is 5.27. The minimum atomic E-state index is 0.672. The number of hydrogen-bond donors (Lipinski definition) is 1. The molecule has 0 spiro atoms. The van der Waals surface area contributed by atoms with E-state index in [2.05, 4.69) is 37.9 Å². The van der Waals surface area contributed by atoms with E-state index in [0.29, 0.717) is 11.5 Å². The minimum Gasteiger partial charge on any atom is -0.312 e. The second-order valence-electron chi connectivity index (χ2n) is 6.91. The molecule has 0 amide bonds. The van der Waals surface area contributed by atoms with Crippen molar-refractivity contribution < 1.29 is 0 Å². The van der Waals surface area contributed by atoms with Crippen molar-refractivity contribution in [1.82, 2.24) is 10.2 Å². The molecule has 1 heterocycles. The maximum absolute atomic E-state index is 3.70. The van der Waals surface area contributed by atoms with Gasteiger partial charge in [0.05, 0.1) is 0 Å². The van der Waals surface area contributed by atoms with Crippen molar-refractivity contribution in [3.05, 3.63) is 0 Å². The monoisotopic (exact) mass is 238 g/mol. The molecule has 2 aliphatic rings. The summed E-state index contributed by atoms with van der Waals surface area (Å²) in [4.78, 5) is 2.73. The Labute approximate surface area is 107 Å². The molecule has 100 valence electrons. The Hall–Kier alpha value is -0.0800. The van der Waals surface area contributed by atoms with Crippen molar-refractivity contribution in [1.29, 1.82) is 0 Å². The largest absolute Gasteiger partial charge is 0.312 e. The molecule has 17 heavy (non-hydrogen) atoms. The summed E-state index contributed by atoms with van der Waals surface area (Å²) in [6.45, 7) is 14.6. The van der Waals surface area contributed by atoms with E-state index < -0.39 is 0 Å². The van der Waals surface area contributed by atoms with Gasteiger partial charge in [0.2, 0.25) is 0 Å². The predicted molar refractivity (Wildman–Crippen MR) is 74.2 cm³/mol. The van der Waals surface area contributed by atoms with Crippen LogP contribution in [0.1, 0.15) is 47.0 Å². The Bertz CT molecular complexity index is 243. The summed E-state index contributed by atoms with van der Waals surface area (Å²) in [5, 5.41) is 3.70. The van der Waals surface area contributed by atoms with E-state index in [-0.39, 0.29) is 0 Å². The summed E-state index contributed by atoms with van der Waals surface area (Å²) in [6, 6.07) is 0.695. The summed E-state index contributed by atoms with van der Waals surface area (Å²) in [5.74, 6) is 1.61. The van der Waals surface area contributed by atoms with Gasteiger partial charge in [0.1, 0.15) is 0 Å². The molecule has 0 aromatic rings. The van der Waals surface area contributed by atoms with Crippen molar-refractivity contribution in [2.45, 2.75) is 53.0 Å². The maximum atomic E-state index is 3.70. The standard InChI is InChI=1S/C15H30N2/c1-12(2)14-10-17(9-5-8-16-14)11-15(6-7-15)13(3)4/h12-14,16H,5-11H2,1-4H3. The fraction of sp³-hybridized carbons (Fsp3) is 1.00. The molecule has 1 aliphatic carbocycles. The van der Waals surface area contributed by atoms with Crippen LogP contribution in [0.15, 0.2) is 0 Å². The first-order chi connectivity index (χ1) is 8.03.